The zero-order valence-electron chi connectivity index (χ0n) is 12.1. The summed E-state index contributed by atoms with van der Waals surface area (Å²) in [5, 5.41) is 7.70. The molecule has 0 saturated heterocycles. The van der Waals surface area contributed by atoms with Crippen molar-refractivity contribution < 1.29 is 22.3 Å². The van der Waals surface area contributed by atoms with Gasteiger partial charge in [0, 0.05) is 24.2 Å². The first-order valence-electron chi connectivity index (χ1n) is 6.44. The van der Waals surface area contributed by atoms with E-state index in [0.717, 1.165) is 12.3 Å². The Hall–Kier alpha value is -2.52. The van der Waals surface area contributed by atoms with Crippen LogP contribution >= 0.6 is 0 Å². The first kappa shape index (κ1) is 16.8. The molecule has 0 aliphatic carbocycles. The number of amides is 1. The van der Waals surface area contributed by atoms with Crippen molar-refractivity contribution in [3.8, 4) is 5.88 Å². The molecule has 122 valence electrons. The number of ether oxygens (including phenoxy) is 1. The van der Waals surface area contributed by atoms with Crippen LogP contribution in [0.1, 0.15) is 12.5 Å². The Morgan fingerprint density at radius 1 is 1.35 bits per heavy atom. The van der Waals surface area contributed by atoms with Crippen LogP contribution in [-0.4, -0.2) is 19.3 Å². The summed E-state index contributed by atoms with van der Waals surface area (Å²) < 4.78 is 41.6. The highest BCUT2D eigenvalue weighted by molar-refractivity contribution is 7.89. The lowest BCUT2D eigenvalue weighted by atomic mass is 10.2. The molecule has 7 nitrogen and oxygen atoms in total. The summed E-state index contributed by atoms with van der Waals surface area (Å²) in [6, 6.07) is 6.73. The van der Waals surface area contributed by atoms with E-state index in [4.69, 9.17) is 9.88 Å². The number of nitrogens with two attached hydrogens (primary N) is 1. The number of halogens is 1. The van der Waals surface area contributed by atoms with Crippen LogP contribution in [0.2, 0.25) is 0 Å². The van der Waals surface area contributed by atoms with Crippen LogP contribution in [0.3, 0.4) is 0 Å². The Labute approximate surface area is 132 Å². The van der Waals surface area contributed by atoms with Gasteiger partial charge < -0.3 is 10.1 Å². The summed E-state index contributed by atoms with van der Waals surface area (Å²) in [5.41, 5.74) is 0.433. The van der Waals surface area contributed by atoms with E-state index >= 15 is 0 Å². The molecule has 1 aromatic heterocycles. The van der Waals surface area contributed by atoms with Crippen molar-refractivity contribution in [3.05, 3.63) is 47.9 Å². The Kier molecular flexibility index (Phi) is 4.92. The minimum Gasteiger partial charge on any atom is -0.473 e. The maximum Gasteiger partial charge on any atom is 0.238 e. The maximum absolute atomic E-state index is 12.8. The number of nitrogens with zero attached hydrogens (tertiary/aromatic N) is 1. The van der Waals surface area contributed by atoms with Gasteiger partial charge >= 0.3 is 0 Å². The molecule has 1 amide bonds. The average Bonchev–Trinajstić information content (AvgIpc) is 2.46. The predicted molar refractivity (Wildman–Crippen MR) is 80.6 cm³/mol. The van der Waals surface area contributed by atoms with Crippen molar-refractivity contribution in [1.29, 1.82) is 0 Å². The highest BCUT2D eigenvalue weighted by Crippen LogP contribution is 2.25. The second kappa shape index (κ2) is 6.71. The van der Waals surface area contributed by atoms with Crippen LogP contribution in [-0.2, 0) is 21.4 Å². The first-order chi connectivity index (χ1) is 10.8. The molecule has 23 heavy (non-hydrogen) atoms. The number of primary sulfonamides is 1. The molecule has 0 fully saturated rings. The van der Waals surface area contributed by atoms with E-state index in [-0.39, 0.29) is 34.5 Å². The molecule has 1 heterocycles. The minimum absolute atomic E-state index is 0.101. The highest BCUT2D eigenvalue weighted by Gasteiger charge is 2.18. The first-order valence-corrected chi connectivity index (χ1v) is 7.98. The molecule has 9 heteroatoms. The number of aromatic nitrogens is 1. The molecule has 3 N–H and O–H groups in total. The Morgan fingerprint density at radius 2 is 2.09 bits per heavy atom. The van der Waals surface area contributed by atoms with Gasteiger partial charge in [-0.15, -0.1) is 0 Å². The third kappa shape index (κ3) is 4.47. The zero-order chi connectivity index (χ0) is 17.0. The lowest BCUT2D eigenvalue weighted by Gasteiger charge is -2.14. The van der Waals surface area contributed by atoms with Gasteiger partial charge in [-0.05, 0) is 18.2 Å². The van der Waals surface area contributed by atoms with Crippen molar-refractivity contribution in [2.24, 2.45) is 5.14 Å². The van der Waals surface area contributed by atoms with Gasteiger partial charge in [-0.25, -0.2) is 22.9 Å². The summed E-state index contributed by atoms with van der Waals surface area (Å²) in [6.45, 7) is 1.07. The number of hydrogen-bond acceptors (Lipinski definition) is 5. The molecule has 0 atom stereocenters. The van der Waals surface area contributed by atoms with Gasteiger partial charge in [-0.3, -0.25) is 4.79 Å². The molecular formula is C14H14FN3O4S. The smallest absolute Gasteiger partial charge is 0.238 e. The average molecular weight is 339 g/mol. The van der Waals surface area contributed by atoms with Gasteiger partial charge in [0.25, 0.3) is 0 Å². The molecule has 0 aliphatic rings. The van der Waals surface area contributed by atoms with Crippen molar-refractivity contribution in [2.45, 2.75) is 18.4 Å². The molecule has 0 aliphatic heterocycles. The maximum atomic E-state index is 12.8. The minimum atomic E-state index is -4.01. The van der Waals surface area contributed by atoms with Crippen LogP contribution < -0.4 is 15.2 Å². The standard InChI is InChI=1S/C14H14FN3O4S/c1-9(19)18-12-3-2-4-13(23(16,20)21)11(12)8-22-14-6-5-10(15)7-17-14/h2-7H,8H2,1H3,(H,18,19)(H2,16,20,21). The number of anilines is 1. The van der Waals surface area contributed by atoms with Crippen molar-refractivity contribution in [3.63, 3.8) is 0 Å². The van der Waals surface area contributed by atoms with E-state index in [0.29, 0.717) is 0 Å². The third-order valence-electron chi connectivity index (χ3n) is 2.81. The highest BCUT2D eigenvalue weighted by atomic mass is 32.2. The van der Waals surface area contributed by atoms with Gasteiger partial charge in [0.05, 0.1) is 11.1 Å². The van der Waals surface area contributed by atoms with E-state index in [1.54, 1.807) is 0 Å². The Morgan fingerprint density at radius 3 is 2.65 bits per heavy atom. The topological polar surface area (TPSA) is 111 Å². The molecule has 0 bridgehead atoms. The monoisotopic (exact) mass is 339 g/mol. The van der Waals surface area contributed by atoms with E-state index in [1.807, 2.05) is 0 Å². The van der Waals surface area contributed by atoms with Crippen molar-refractivity contribution >= 4 is 21.6 Å². The fourth-order valence-corrected chi connectivity index (χ4v) is 2.66. The molecule has 2 rings (SSSR count). The zero-order valence-corrected chi connectivity index (χ0v) is 12.9. The van der Waals surface area contributed by atoms with Gasteiger partial charge in [0.15, 0.2) is 0 Å². The fraction of sp³-hybridized carbons (Fsp3) is 0.143. The molecule has 1 aromatic carbocycles. The number of benzene rings is 1. The lowest BCUT2D eigenvalue weighted by molar-refractivity contribution is -0.114. The van der Waals surface area contributed by atoms with Gasteiger partial charge in [-0.2, -0.15) is 0 Å². The Balaban J connectivity index is 2.37. The number of hydrogen-bond donors (Lipinski definition) is 2. The molecule has 0 radical (unpaired) electrons. The quantitative estimate of drug-likeness (QED) is 0.855. The number of rotatable bonds is 5. The second-order valence-corrected chi connectivity index (χ2v) is 6.14. The number of carbonyl (C=O) groups excluding carboxylic acids is 1. The van der Waals surface area contributed by atoms with Crippen LogP contribution in [0.25, 0.3) is 0 Å². The number of sulfonamides is 1. The van der Waals surface area contributed by atoms with Gasteiger partial charge in [-0.1, -0.05) is 6.07 Å². The van der Waals surface area contributed by atoms with E-state index in [9.17, 15) is 17.6 Å². The summed E-state index contributed by atoms with van der Waals surface area (Å²) >= 11 is 0. The van der Waals surface area contributed by atoms with E-state index in [1.165, 1.54) is 31.2 Å². The van der Waals surface area contributed by atoms with E-state index < -0.39 is 15.8 Å². The lowest BCUT2D eigenvalue weighted by Crippen LogP contribution is -2.18. The molecule has 0 spiro atoms. The van der Waals surface area contributed by atoms with Gasteiger partial charge in [0.2, 0.25) is 21.8 Å². The third-order valence-corrected chi connectivity index (χ3v) is 3.81. The molecule has 2 aromatic rings. The van der Waals surface area contributed by atoms with Crippen LogP contribution in [0.15, 0.2) is 41.4 Å². The van der Waals surface area contributed by atoms with Crippen LogP contribution in [0.5, 0.6) is 5.88 Å². The second-order valence-electron chi connectivity index (χ2n) is 4.61. The predicted octanol–water partition coefficient (Wildman–Crippen LogP) is 1.41. The van der Waals surface area contributed by atoms with Crippen molar-refractivity contribution in [1.82, 2.24) is 4.98 Å². The molecule has 0 unspecified atom stereocenters. The molecule has 0 saturated carbocycles. The summed E-state index contributed by atoms with van der Waals surface area (Å²) in [4.78, 5) is 14.8. The van der Waals surface area contributed by atoms with Crippen LogP contribution in [0.4, 0.5) is 10.1 Å². The van der Waals surface area contributed by atoms with Gasteiger partial charge in [0.1, 0.15) is 12.4 Å². The van der Waals surface area contributed by atoms with E-state index in [2.05, 4.69) is 10.3 Å². The normalized spacial score (nSPS) is 11.1. The summed E-state index contributed by atoms with van der Waals surface area (Å²) in [5.74, 6) is -0.802. The number of carbonyl (C=O) groups is 1. The van der Waals surface area contributed by atoms with Crippen molar-refractivity contribution in [2.75, 3.05) is 5.32 Å². The summed E-state index contributed by atoms with van der Waals surface area (Å²) in [6.07, 6.45) is 0.968. The SMILES string of the molecule is CC(=O)Nc1cccc(S(N)(=O)=O)c1COc1ccc(F)cn1. The fourth-order valence-electron chi connectivity index (χ4n) is 1.88. The Bertz CT molecular complexity index is 822. The largest absolute Gasteiger partial charge is 0.473 e. The molecular weight excluding hydrogens is 325 g/mol. The number of nitrogens with one attached hydrogen (secondary N) is 1. The summed E-state index contributed by atoms with van der Waals surface area (Å²) in [7, 11) is -4.01. The van der Waals surface area contributed by atoms with Crippen LogP contribution in [0, 0.1) is 5.82 Å². The number of pyridine rings is 1.